The molecule has 2 aromatic rings. The number of aryl methyl sites for hydroxylation is 2. The minimum absolute atomic E-state index is 0.0220. The highest BCUT2D eigenvalue weighted by molar-refractivity contribution is 6.00. The molecule has 2 aromatic carbocycles. The molecule has 0 saturated carbocycles. The predicted molar refractivity (Wildman–Crippen MR) is 133 cm³/mol. The number of alkyl halides is 1. The van der Waals surface area contributed by atoms with Gasteiger partial charge >= 0.3 is 5.97 Å². The number of guanidine groups is 1. The van der Waals surface area contributed by atoms with Crippen LogP contribution >= 0.6 is 0 Å². The number of aliphatic imine (C=N–C) groups is 1. The number of nitro benzene ring substituents is 1. The molecule has 1 aliphatic heterocycles. The highest BCUT2D eigenvalue weighted by Gasteiger charge is 2.21. The highest BCUT2D eigenvalue weighted by atomic mass is 19.1. The summed E-state index contributed by atoms with van der Waals surface area (Å²) in [5.74, 6) is -2.30. The maximum Gasteiger partial charge on any atom is 0.305 e. The molecule has 12 nitrogen and oxygen atoms in total. The van der Waals surface area contributed by atoms with Gasteiger partial charge in [0, 0.05) is 23.4 Å². The first-order valence-electron chi connectivity index (χ1n) is 11.4. The fraction of sp³-hybridized carbons (Fsp3) is 0.333. The number of halogens is 1. The third kappa shape index (κ3) is 7.98. The molecule has 196 valence electrons. The first-order valence-corrected chi connectivity index (χ1v) is 11.4. The molecule has 0 bridgehead atoms. The molecule has 2 atom stereocenters. The lowest BCUT2D eigenvalue weighted by Crippen LogP contribution is -2.41. The maximum atomic E-state index is 13.3. The standard InChI is InChI=1S/C24H27FN6O6/c1-13-3-14(2)5-15(4-13)20(9-22(33)34)30-21(32)12-26-23(35)16-6-18(8-19(7-16)31(36)37)29-24-27-10-17(25)11-28-24/h3-8,17,20H,9-12H2,1-2H3,(H,26,35)(H,30,32)(H,33,34)(H2,27,28,29)/t20-/m1/s1. The van der Waals surface area contributed by atoms with Crippen LogP contribution in [0.4, 0.5) is 15.8 Å². The van der Waals surface area contributed by atoms with Crippen LogP contribution in [0.25, 0.3) is 0 Å². The lowest BCUT2D eigenvalue weighted by molar-refractivity contribution is -0.384. The van der Waals surface area contributed by atoms with E-state index in [0.29, 0.717) is 5.56 Å². The van der Waals surface area contributed by atoms with E-state index in [4.69, 9.17) is 0 Å². The van der Waals surface area contributed by atoms with E-state index >= 15 is 0 Å². The Balaban J connectivity index is 1.69. The molecule has 1 aliphatic rings. The van der Waals surface area contributed by atoms with Gasteiger partial charge in [0.05, 0.1) is 37.0 Å². The van der Waals surface area contributed by atoms with Crippen molar-refractivity contribution in [2.24, 2.45) is 4.99 Å². The zero-order valence-corrected chi connectivity index (χ0v) is 20.2. The number of nitrogens with zero attached hydrogens (tertiary/aromatic N) is 2. The van der Waals surface area contributed by atoms with Crippen LogP contribution < -0.4 is 21.3 Å². The molecule has 0 saturated heterocycles. The SMILES string of the molecule is Cc1cc(C)cc([C@@H](CC(=O)O)NC(=O)CNC(=O)c2cc(NC3=NCC(F)CN3)cc([N+](=O)[O-])c2)c1. The Hall–Kier alpha value is -4.55. The zero-order chi connectivity index (χ0) is 27.1. The highest BCUT2D eigenvalue weighted by Crippen LogP contribution is 2.22. The molecular formula is C24H27FN6O6. The van der Waals surface area contributed by atoms with Gasteiger partial charge in [-0.25, -0.2) is 9.38 Å². The largest absolute Gasteiger partial charge is 0.481 e. The third-order valence-electron chi connectivity index (χ3n) is 5.36. The van der Waals surface area contributed by atoms with E-state index in [1.165, 1.54) is 12.1 Å². The van der Waals surface area contributed by atoms with Gasteiger partial charge in [-0.2, -0.15) is 0 Å². The molecule has 3 rings (SSSR count). The van der Waals surface area contributed by atoms with Crippen LogP contribution in [-0.2, 0) is 9.59 Å². The molecule has 1 heterocycles. The molecule has 13 heteroatoms. The minimum Gasteiger partial charge on any atom is -0.481 e. The fourth-order valence-electron chi connectivity index (χ4n) is 3.80. The van der Waals surface area contributed by atoms with E-state index in [0.717, 1.165) is 17.2 Å². The van der Waals surface area contributed by atoms with Gasteiger partial charge in [0.25, 0.3) is 11.6 Å². The van der Waals surface area contributed by atoms with Crippen molar-refractivity contribution in [3.8, 4) is 0 Å². The van der Waals surface area contributed by atoms with Crippen molar-refractivity contribution in [2.45, 2.75) is 32.5 Å². The third-order valence-corrected chi connectivity index (χ3v) is 5.36. The van der Waals surface area contributed by atoms with Crippen molar-refractivity contribution in [1.82, 2.24) is 16.0 Å². The number of carboxylic acids is 1. The summed E-state index contributed by atoms with van der Waals surface area (Å²) in [6.07, 6.45) is -1.50. The topological polar surface area (TPSA) is 175 Å². The van der Waals surface area contributed by atoms with Crippen LogP contribution in [0.1, 0.15) is 39.5 Å². The number of carboxylic acid groups (broad SMARTS) is 1. The summed E-state index contributed by atoms with van der Waals surface area (Å²) in [5, 5.41) is 31.1. The van der Waals surface area contributed by atoms with Crippen LogP contribution in [0.3, 0.4) is 0 Å². The summed E-state index contributed by atoms with van der Waals surface area (Å²) in [6.45, 7) is 3.17. The lowest BCUT2D eigenvalue weighted by Gasteiger charge is -2.19. The Morgan fingerprint density at radius 1 is 1.19 bits per heavy atom. The van der Waals surface area contributed by atoms with Crippen molar-refractivity contribution in [3.05, 3.63) is 68.8 Å². The predicted octanol–water partition coefficient (Wildman–Crippen LogP) is 1.98. The fourth-order valence-corrected chi connectivity index (χ4v) is 3.80. The van der Waals surface area contributed by atoms with Crippen LogP contribution in [0.2, 0.25) is 0 Å². The van der Waals surface area contributed by atoms with Gasteiger partial charge in [-0.05, 0) is 25.5 Å². The van der Waals surface area contributed by atoms with Crippen molar-refractivity contribution in [1.29, 1.82) is 0 Å². The summed E-state index contributed by atoms with van der Waals surface area (Å²) in [7, 11) is 0. The van der Waals surface area contributed by atoms with Gasteiger partial charge < -0.3 is 26.4 Å². The lowest BCUT2D eigenvalue weighted by atomic mass is 9.99. The number of benzene rings is 2. The molecule has 1 unspecified atom stereocenters. The molecule has 5 N–H and O–H groups in total. The van der Waals surface area contributed by atoms with Gasteiger partial charge in [-0.1, -0.05) is 29.3 Å². The number of hydrogen-bond donors (Lipinski definition) is 5. The number of amides is 2. The van der Waals surface area contributed by atoms with Gasteiger partial charge in [-0.15, -0.1) is 0 Å². The van der Waals surface area contributed by atoms with Crippen molar-refractivity contribution in [3.63, 3.8) is 0 Å². The summed E-state index contributed by atoms with van der Waals surface area (Å²) in [5.41, 5.74) is 2.12. The number of nitro groups is 1. The van der Waals surface area contributed by atoms with E-state index in [1.54, 1.807) is 12.1 Å². The Labute approximate surface area is 211 Å². The molecule has 0 spiro atoms. The van der Waals surface area contributed by atoms with Gasteiger partial charge in [0.2, 0.25) is 5.91 Å². The first-order chi connectivity index (χ1) is 17.5. The Morgan fingerprint density at radius 2 is 1.89 bits per heavy atom. The van der Waals surface area contributed by atoms with E-state index in [-0.39, 0.29) is 42.4 Å². The molecule has 0 aromatic heterocycles. The second-order valence-electron chi connectivity index (χ2n) is 8.64. The molecule has 37 heavy (non-hydrogen) atoms. The van der Waals surface area contributed by atoms with Crippen molar-refractivity contribution >= 4 is 35.1 Å². The molecule has 0 radical (unpaired) electrons. The van der Waals surface area contributed by atoms with E-state index < -0.39 is 41.5 Å². The molecule has 0 aliphatic carbocycles. The van der Waals surface area contributed by atoms with Crippen LogP contribution in [0.15, 0.2) is 41.4 Å². The van der Waals surface area contributed by atoms with Crippen molar-refractivity contribution < 1.29 is 28.8 Å². The molecule has 0 fully saturated rings. The maximum absolute atomic E-state index is 13.3. The van der Waals surface area contributed by atoms with E-state index in [9.17, 15) is 34.0 Å². The quantitative estimate of drug-likeness (QED) is 0.249. The smallest absolute Gasteiger partial charge is 0.305 e. The van der Waals surface area contributed by atoms with Crippen molar-refractivity contribution in [2.75, 3.05) is 25.0 Å². The average molecular weight is 515 g/mol. The second kappa shape index (κ2) is 11.9. The van der Waals surface area contributed by atoms with Crippen LogP contribution in [0.5, 0.6) is 0 Å². The number of nitrogens with one attached hydrogen (secondary N) is 4. The normalized spacial score (nSPS) is 15.5. The first kappa shape index (κ1) is 27.0. The zero-order valence-electron chi connectivity index (χ0n) is 20.2. The minimum atomic E-state index is -1.15. The Bertz CT molecular complexity index is 1230. The Kier molecular flexibility index (Phi) is 8.72. The van der Waals surface area contributed by atoms with Crippen LogP contribution in [0, 0.1) is 24.0 Å². The molecular weight excluding hydrogens is 487 g/mol. The van der Waals surface area contributed by atoms with Gasteiger partial charge in [-0.3, -0.25) is 24.5 Å². The average Bonchev–Trinajstić information content (AvgIpc) is 2.82. The second-order valence-corrected chi connectivity index (χ2v) is 8.64. The summed E-state index contributed by atoms with van der Waals surface area (Å²) in [4.78, 5) is 51.2. The number of rotatable bonds is 9. The Morgan fingerprint density at radius 3 is 2.49 bits per heavy atom. The molecule has 2 amide bonds. The number of carbonyl (C=O) groups is 3. The monoisotopic (exact) mass is 514 g/mol. The number of aliphatic carboxylic acids is 1. The van der Waals surface area contributed by atoms with Gasteiger partial charge in [0.15, 0.2) is 5.96 Å². The summed E-state index contributed by atoms with van der Waals surface area (Å²) in [6, 6.07) is 8.22. The number of non-ortho nitro benzene ring substituents is 1. The summed E-state index contributed by atoms with van der Waals surface area (Å²) >= 11 is 0. The summed E-state index contributed by atoms with van der Waals surface area (Å²) < 4.78 is 13.3. The number of anilines is 1. The van der Waals surface area contributed by atoms with E-state index in [1.807, 2.05) is 19.9 Å². The van der Waals surface area contributed by atoms with Gasteiger partial charge in [0.1, 0.15) is 6.17 Å². The number of hydrogen-bond acceptors (Lipinski definition) is 8. The number of carbonyl (C=O) groups excluding carboxylic acids is 2. The van der Waals surface area contributed by atoms with E-state index in [2.05, 4.69) is 26.3 Å². The van der Waals surface area contributed by atoms with Crippen LogP contribution in [-0.4, -0.2) is 59.6 Å².